The fourth-order valence-corrected chi connectivity index (χ4v) is 1.77. The lowest BCUT2D eigenvalue weighted by molar-refractivity contribution is 0.0990. The van der Waals surface area contributed by atoms with Crippen molar-refractivity contribution < 1.29 is 8.78 Å². The maximum Gasteiger partial charge on any atom is 0.254 e. The molecule has 16 heavy (non-hydrogen) atoms. The van der Waals surface area contributed by atoms with Gasteiger partial charge in [0.1, 0.15) is 0 Å². The Morgan fingerprint density at radius 3 is 2.50 bits per heavy atom. The zero-order chi connectivity index (χ0) is 12.1. The van der Waals surface area contributed by atoms with Gasteiger partial charge in [-0.05, 0) is 37.9 Å². The molecule has 0 aliphatic heterocycles. The van der Waals surface area contributed by atoms with E-state index in [1.165, 1.54) is 0 Å². The fraction of sp³-hybridized carbons (Fsp3) is 0.538. The van der Waals surface area contributed by atoms with Crippen LogP contribution in [0.1, 0.15) is 23.6 Å². The maximum absolute atomic E-state index is 12.7. The van der Waals surface area contributed by atoms with Crippen molar-refractivity contribution in [1.82, 2.24) is 5.32 Å². The van der Waals surface area contributed by atoms with Gasteiger partial charge in [-0.2, -0.15) is 0 Å². The van der Waals surface area contributed by atoms with Gasteiger partial charge in [0.15, 0.2) is 0 Å². The lowest BCUT2D eigenvalue weighted by Crippen LogP contribution is -2.37. The van der Waals surface area contributed by atoms with E-state index in [9.17, 15) is 8.78 Å². The molecule has 1 unspecified atom stereocenters. The first-order valence-electron chi connectivity index (χ1n) is 5.62. The van der Waals surface area contributed by atoms with Crippen molar-refractivity contribution >= 4 is 0 Å². The van der Waals surface area contributed by atoms with Crippen molar-refractivity contribution in [3.8, 4) is 0 Å². The molecule has 0 radical (unpaired) electrons. The first-order valence-corrected chi connectivity index (χ1v) is 5.62. The van der Waals surface area contributed by atoms with Crippen LogP contribution in [0.3, 0.4) is 0 Å². The van der Waals surface area contributed by atoms with Gasteiger partial charge in [-0.3, -0.25) is 0 Å². The number of likely N-dealkylation sites (N-methyl/N-ethyl adjacent to an activating group) is 1. The van der Waals surface area contributed by atoms with Crippen molar-refractivity contribution in [1.29, 1.82) is 0 Å². The number of aryl methyl sites for hydroxylation is 2. The molecular weight excluding hydrogens is 208 g/mol. The summed E-state index contributed by atoms with van der Waals surface area (Å²) < 4.78 is 25.5. The minimum absolute atomic E-state index is 0.388. The van der Waals surface area contributed by atoms with Crippen molar-refractivity contribution in [2.24, 2.45) is 0 Å². The number of alkyl halides is 2. The Bertz CT molecular complexity index is 337. The van der Waals surface area contributed by atoms with Crippen LogP contribution in [-0.4, -0.2) is 19.0 Å². The van der Waals surface area contributed by atoms with Gasteiger partial charge >= 0.3 is 0 Å². The molecule has 0 aliphatic carbocycles. The third-order valence-electron chi connectivity index (χ3n) is 2.71. The normalized spacial score (nSPS) is 13.1. The highest BCUT2D eigenvalue weighted by atomic mass is 19.3. The van der Waals surface area contributed by atoms with Gasteiger partial charge in [-0.15, -0.1) is 0 Å². The lowest BCUT2D eigenvalue weighted by Gasteiger charge is -2.18. The van der Waals surface area contributed by atoms with Gasteiger partial charge in [0.05, 0.1) is 6.04 Å². The quantitative estimate of drug-likeness (QED) is 0.815. The van der Waals surface area contributed by atoms with Crippen molar-refractivity contribution in [2.75, 3.05) is 6.54 Å². The molecule has 0 saturated carbocycles. The molecule has 0 saturated heterocycles. The highest BCUT2D eigenvalue weighted by Gasteiger charge is 2.20. The summed E-state index contributed by atoms with van der Waals surface area (Å²) in [6.45, 7) is 6.36. The number of hydrogen-bond acceptors (Lipinski definition) is 1. The minimum atomic E-state index is -2.32. The molecular formula is C13H19F2N. The van der Waals surface area contributed by atoms with Crippen LogP contribution >= 0.6 is 0 Å². The number of hydrogen-bond donors (Lipinski definition) is 1. The van der Waals surface area contributed by atoms with E-state index >= 15 is 0 Å². The Morgan fingerprint density at radius 2 is 1.94 bits per heavy atom. The highest BCUT2D eigenvalue weighted by molar-refractivity contribution is 5.31. The SMILES string of the molecule is CCNC(Cc1cc(C)ccc1C)C(F)F. The van der Waals surface area contributed by atoms with Crippen molar-refractivity contribution in [3.05, 3.63) is 34.9 Å². The summed E-state index contributed by atoms with van der Waals surface area (Å²) in [7, 11) is 0. The summed E-state index contributed by atoms with van der Waals surface area (Å²) in [6, 6.07) is 5.23. The van der Waals surface area contributed by atoms with Gasteiger partial charge in [0.2, 0.25) is 0 Å². The molecule has 1 rings (SSSR count). The van der Waals surface area contributed by atoms with Crippen LogP contribution < -0.4 is 5.32 Å². The molecule has 1 nitrogen and oxygen atoms in total. The van der Waals surface area contributed by atoms with E-state index in [1.54, 1.807) is 0 Å². The standard InChI is InChI=1S/C13H19F2N/c1-4-16-12(13(14)15)8-11-7-9(2)5-6-10(11)3/h5-7,12-13,16H,4,8H2,1-3H3. The van der Waals surface area contributed by atoms with Crippen LogP contribution in [0, 0.1) is 13.8 Å². The predicted molar refractivity (Wildman–Crippen MR) is 63.1 cm³/mol. The molecule has 90 valence electrons. The Balaban J connectivity index is 2.80. The molecule has 0 aliphatic rings. The van der Waals surface area contributed by atoms with E-state index < -0.39 is 12.5 Å². The van der Waals surface area contributed by atoms with Gasteiger partial charge < -0.3 is 5.32 Å². The second-order valence-corrected chi connectivity index (χ2v) is 4.13. The summed E-state index contributed by atoms with van der Waals surface area (Å²) in [4.78, 5) is 0. The second kappa shape index (κ2) is 5.94. The number of rotatable bonds is 5. The van der Waals surface area contributed by atoms with E-state index in [2.05, 4.69) is 5.32 Å². The monoisotopic (exact) mass is 227 g/mol. The van der Waals surface area contributed by atoms with E-state index in [0.717, 1.165) is 16.7 Å². The Kier molecular flexibility index (Phi) is 4.87. The van der Waals surface area contributed by atoms with E-state index in [1.807, 2.05) is 39.0 Å². The minimum Gasteiger partial charge on any atom is -0.309 e. The first-order chi connectivity index (χ1) is 7.54. The Labute approximate surface area is 95.9 Å². The van der Waals surface area contributed by atoms with Crippen LogP contribution in [-0.2, 0) is 6.42 Å². The highest BCUT2D eigenvalue weighted by Crippen LogP contribution is 2.15. The molecule has 0 aromatic heterocycles. The summed E-state index contributed by atoms with van der Waals surface area (Å²) in [6.07, 6.45) is -1.93. The Hall–Kier alpha value is -0.960. The van der Waals surface area contributed by atoms with E-state index in [0.29, 0.717) is 13.0 Å². The fourth-order valence-electron chi connectivity index (χ4n) is 1.77. The molecule has 0 amide bonds. The van der Waals surface area contributed by atoms with Crippen LogP contribution in [0.2, 0.25) is 0 Å². The average molecular weight is 227 g/mol. The van der Waals surface area contributed by atoms with E-state index in [4.69, 9.17) is 0 Å². The summed E-state index contributed by atoms with van der Waals surface area (Å²) in [5.41, 5.74) is 3.20. The Morgan fingerprint density at radius 1 is 1.25 bits per heavy atom. The molecule has 3 heteroatoms. The molecule has 0 bridgehead atoms. The first kappa shape index (κ1) is 13.1. The maximum atomic E-state index is 12.7. The van der Waals surface area contributed by atoms with Crippen LogP contribution in [0.5, 0.6) is 0 Å². The van der Waals surface area contributed by atoms with Crippen LogP contribution in [0.15, 0.2) is 18.2 Å². The molecule has 1 N–H and O–H groups in total. The van der Waals surface area contributed by atoms with Crippen molar-refractivity contribution in [3.63, 3.8) is 0 Å². The van der Waals surface area contributed by atoms with Gasteiger partial charge in [-0.25, -0.2) is 8.78 Å². The summed E-state index contributed by atoms with van der Waals surface area (Å²) in [5.74, 6) is 0. The van der Waals surface area contributed by atoms with Crippen LogP contribution in [0.25, 0.3) is 0 Å². The number of benzene rings is 1. The largest absolute Gasteiger partial charge is 0.309 e. The summed E-state index contributed by atoms with van der Waals surface area (Å²) in [5, 5.41) is 2.83. The molecule has 1 aromatic rings. The molecule has 0 heterocycles. The second-order valence-electron chi connectivity index (χ2n) is 4.13. The van der Waals surface area contributed by atoms with Gasteiger partial charge in [0.25, 0.3) is 6.43 Å². The topological polar surface area (TPSA) is 12.0 Å². The molecule has 1 atom stereocenters. The smallest absolute Gasteiger partial charge is 0.254 e. The van der Waals surface area contributed by atoms with Gasteiger partial charge in [-0.1, -0.05) is 30.7 Å². The average Bonchev–Trinajstić information content (AvgIpc) is 2.22. The number of halogens is 2. The molecule has 1 aromatic carbocycles. The predicted octanol–water partition coefficient (Wildman–Crippen LogP) is 3.09. The zero-order valence-electron chi connectivity index (χ0n) is 10.1. The lowest BCUT2D eigenvalue weighted by atomic mass is 9.99. The molecule has 0 fully saturated rings. The van der Waals surface area contributed by atoms with Gasteiger partial charge in [0, 0.05) is 0 Å². The third-order valence-corrected chi connectivity index (χ3v) is 2.71. The summed E-state index contributed by atoms with van der Waals surface area (Å²) >= 11 is 0. The molecule has 0 spiro atoms. The van der Waals surface area contributed by atoms with E-state index in [-0.39, 0.29) is 0 Å². The third kappa shape index (κ3) is 3.56. The zero-order valence-corrected chi connectivity index (χ0v) is 10.1. The number of nitrogens with one attached hydrogen (secondary N) is 1. The van der Waals surface area contributed by atoms with Crippen molar-refractivity contribution in [2.45, 2.75) is 39.7 Å². The van der Waals surface area contributed by atoms with Crippen LogP contribution in [0.4, 0.5) is 8.78 Å².